The Labute approximate surface area is 290 Å². The number of hydrogen-bond donors (Lipinski definition) is 2. The second-order valence-corrected chi connectivity index (χ2v) is 14.9. The Morgan fingerprint density at radius 2 is 2.04 bits per heavy atom. The Morgan fingerprint density at radius 3 is 2.80 bits per heavy atom. The third-order valence-electron chi connectivity index (χ3n) is 10.5. The molecule has 3 atom stereocenters. The van der Waals surface area contributed by atoms with Crippen molar-refractivity contribution in [2.75, 3.05) is 43.4 Å². The first-order valence-corrected chi connectivity index (χ1v) is 17.2. The predicted octanol–water partition coefficient (Wildman–Crippen LogP) is 7.76. The first-order valence-electron chi connectivity index (χ1n) is 16.0. The number of fused-ring (bicyclic) bond motifs is 5. The summed E-state index contributed by atoms with van der Waals surface area (Å²) in [6, 6.07) is 5.50. The van der Waals surface area contributed by atoms with Crippen LogP contribution < -0.4 is 20.7 Å². The van der Waals surface area contributed by atoms with Crippen LogP contribution in [0.3, 0.4) is 0 Å². The molecule has 0 amide bonds. The summed E-state index contributed by atoms with van der Waals surface area (Å²) in [6.07, 6.45) is -0.0743. The maximum absolute atomic E-state index is 17.0. The number of anilines is 2. The molecule has 50 heavy (non-hydrogen) atoms. The Balaban J connectivity index is 1.29. The molecule has 2 aromatic carbocycles. The van der Waals surface area contributed by atoms with Gasteiger partial charge in [-0.15, -0.1) is 11.3 Å². The van der Waals surface area contributed by atoms with E-state index < -0.39 is 34.9 Å². The Kier molecular flexibility index (Phi) is 7.94. The van der Waals surface area contributed by atoms with Crippen molar-refractivity contribution < 1.29 is 31.1 Å². The van der Waals surface area contributed by atoms with Gasteiger partial charge in [-0.1, -0.05) is 17.7 Å². The predicted molar refractivity (Wildman–Crippen MR) is 179 cm³/mol. The van der Waals surface area contributed by atoms with E-state index in [0.717, 1.165) is 29.9 Å². The molecule has 0 aliphatic carbocycles. The number of rotatable bonds is 6. The van der Waals surface area contributed by atoms with Gasteiger partial charge >= 0.3 is 6.01 Å². The van der Waals surface area contributed by atoms with Gasteiger partial charge in [0.05, 0.1) is 26.4 Å². The van der Waals surface area contributed by atoms with Crippen LogP contribution in [0.4, 0.5) is 37.2 Å². The molecule has 2 unspecified atom stereocenters. The molecule has 4 aliphatic heterocycles. The summed E-state index contributed by atoms with van der Waals surface area (Å²) >= 11 is 7.67. The van der Waals surface area contributed by atoms with E-state index in [-0.39, 0.29) is 97.3 Å². The van der Waals surface area contributed by atoms with Crippen LogP contribution in [0.25, 0.3) is 32.1 Å². The molecule has 3 N–H and O–H groups in total. The molecule has 8 rings (SSSR count). The Hall–Kier alpha value is -4.10. The average Bonchev–Trinajstić information content (AvgIpc) is 3.80. The first-order chi connectivity index (χ1) is 23.9. The summed E-state index contributed by atoms with van der Waals surface area (Å²) in [5.41, 5.74) is 4.06. The third-order valence-corrected chi connectivity index (χ3v) is 11.8. The molecule has 4 fully saturated rings. The number of benzene rings is 2. The number of piperazine rings is 1. The number of ether oxygens (including phenoxy) is 1. The highest BCUT2D eigenvalue weighted by molar-refractivity contribution is 7.23. The standard InChI is InChI=1S/C34H28ClF6N7OS/c35-21-8-19-27(26(39)25(21)18-2-3-22(36)28-24(18)20(11-42)30(43)50-28)44-32(49-15-34-5-1-7-48(34)12-16(9-34)29(40)41)45-31(19)47-13-17-4-6-33(14-47,46-17)10-23(37)38/h2-3,8,10,17,46H,1,4-7,9,12-15,43H2/t17?,33?,34-/m1/s1. The van der Waals surface area contributed by atoms with Crippen LogP contribution >= 0.6 is 22.9 Å². The SMILES string of the molecule is N#Cc1c(N)sc2c(F)ccc(-c3c(Cl)cc4c(N5CC6CCC(C=C(F)F)(C5)N6)nc(OC[C@]56CCCN5CC(=C(F)F)C6)nc4c3F)c12. The molecule has 4 aromatic rings. The van der Waals surface area contributed by atoms with E-state index in [0.29, 0.717) is 32.4 Å². The van der Waals surface area contributed by atoms with Gasteiger partial charge in [-0.2, -0.15) is 32.8 Å². The number of aromatic nitrogens is 2. The highest BCUT2D eigenvalue weighted by Gasteiger charge is 2.49. The van der Waals surface area contributed by atoms with Crippen molar-refractivity contribution in [1.82, 2.24) is 20.2 Å². The smallest absolute Gasteiger partial charge is 0.319 e. The van der Waals surface area contributed by atoms with Crippen molar-refractivity contribution in [3.63, 3.8) is 0 Å². The van der Waals surface area contributed by atoms with E-state index >= 15 is 4.39 Å². The summed E-state index contributed by atoms with van der Waals surface area (Å²) in [5, 5.41) is 13.4. The minimum atomic E-state index is -1.83. The lowest BCUT2D eigenvalue weighted by Crippen LogP contribution is -2.59. The van der Waals surface area contributed by atoms with Crippen molar-refractivity contribution in [2.24, 2.45) is 0 Å². The zero-order valence-electron chi connectivity index (χ0n) is 26.2. The van der Waals surface area contributed by atoms with Crippen molar-refractivity contribution in [2.45, 2.75) is 49.2 Å². The first kappa shape index (κ1) is 33.1. The highest BCUT2D eigenvalue weighted by atomic mass is 35.5. The van der Waals surface area contributed by atoms with Gasteiger partial charge in [0.25, 0.3) is 12.2 Å². The maximum atomic E-state index is 17.0. The van der Waals surface area contributed by atoms with Crippen LogP contribution in [0.15, 0.2) is 42.0 Å². The van der Waals surface area contributed by atoms with Gasteiger partial charge in [0.15, 0.2) is 5.82 Å². The van der Waals surface area contributed by atoms with Gasteiger partial charge in [-0.05, 0) is 56.3 Å². The van der Waals surface area contributed by atoms with Crippen LogP contribution in [-0.2, 0) is 0 Å². The lowest BCUT2D eigenvalue weighted by atomic mass is 9.94. The number of nitrogens with zero attached hydrogens (tertiary/aromatic N) is 5. The number of nitriles is 1. The molecule has 260 valence electrons. The topological polar surface area (TPSA) is 103 Å². The number of nitrogens with one attached hydrogen (secondary N) is 1. The average molecular weight is 732 g/mol. The second kappa shape index (κ2) is 12.0. The molecule has 0 radical (unpaired) electrons. The molecular weight excluding hydrogens is 704 g/mol. The van der Waals surface area contributed by atoms with Crippen LogP contribution in [0.1, 0.15) is 37.7 Å². The minimum Gasteiger partial charge on any atom is -0.461 e. The highest BCUT2D eigenvalue weighted by Crippen LogP contribution is 2.47. The van der Waals surface area contributed by atoms with Crippen LogP contribution in [-0.4, -0.2) is 64.8 Å². The quantitative estimate of drug-likeness (QED) is 0.194. The van der Waals surface area contributed by atoms with E-state index in [1.54, 1.807) is 4.90 Å². The minimum absolute atomic E-state index is 0.0210. The molecule has 4 aliphatic rings. The van der Waals surface area contributed by atoms with E-state index in [1.165, 1.54) is 12.1 Å². The zero-order chi connectivity index (χ0) is 35.1. The fourth-order valence-electron chi connectivity index (χ4n) is 8.33. The molecule has 6 heterocycles. The van der Waals surface area contributed by atoms with Crippen LogP contribution in [0.5, 0.6) is 6.01 Å². The number of halogens is 7. The Morgan fingerprint density at radius 1 is 1.22 bits per heavy atom. The normalized spacial score (nSPS) is 24.6. The van der Waals surface area contributed by atoms with E-state index in [1.807, 2.05) is 11.0 Å². The van der Waals surface area contributed by atoms with E-state index in [2.05, 4.69) is 15.3 Å². The summed E-state index contributed by atoms with van der Waals surface area (Å²) in [7, 11) is 0. The lowest BCUT2D eigenvalue weighted by Gasteiger charge is -2.40. The van der Waals surface area contributed by atoms with Crippen LogP contribution in [0, 0.1) is 23.0 Å². The maximum Gasteiger partial charge on any atom is 0.319 e. The lowest BCUT2D eigenvalue weighted by molar-refractivity contribution is 0.108. The van der Waals surface area contributed by atoms with Crippen LogP contribution in [0.2, 0.25) is 5.02 Å². The van der Waals surface area contributed by atoms with E-state index in [9.17, 15) is 27.2 Å². The fraction of sp³-hybridized carbons (Fsp3) is 0.382. The van der Waals surface area contributed by atoms with Crippen molar-refractivity contribution in [3.8, 4) is 23.2 Å². The van der Waals surface area contributed by atoms with Crippen molar-refractivity contribution in [1.29, 1.82) is 5.26 Å². The molecule has 4 saturated heterocycles. The third kappa shape index (κ3) is 5.26. The monoisotopic (exact) mass is 731 g/mol. The summed E-state index contributed by atoms with van der Waals surface area (Å²) in [5.74, 6) is -1.35. The molecule has 2 aromatic heterocycles. The van der Waals surface area contributed by atoms with Gasteiger partial charge in [-0.3, -0.25) is 4.90 Å². The van der Waals surface area contributed by atoms with Crippen molar-refractivity contribution in [3.05, 3.63) is 64.2 Å². The van der Waals surface area contributed by atoms with Gasteiger partial charge in [0.1, 0.15) is 34.8 Å². The van der Waals surface area contributed by atoms with Crippen molar-refractivity contribution >= 4 is 54.7 Å². The van der Waals surface area contributed by atoms with Gasteiger partial charge in [-0.25, -0.2) is 8.78 Å². The Bertz CT molecular complexity index is 2200. The van der Waals surface area contributed by atoms with Gasteiger partial charge in [0.2, 0.25) is 0 Å². The zero-order valence-corrected chi connectivity index (χ0v) is 27.8. The fourth-order valence-corrected chi connectivity index (χ4v) is 9.57. The molecule has 16 heteroatoms. The van der Waals surface area contributed by atoms with Gasteiger partial charge in [0, 0.05) is 53.7 Å². The second-order valence-electron chi connectivity index (χ2n) is 13.5. The number of hydrogen-bond acceptors (Lipinski definition) is 9. The van der Waals surface area contributed by atoms with E-state index in [4.69, 9.17) is 22.1 Å². The molecule has 0 spiro atoms. The molecule has 8 nitrogen and oxygen atoms in total. The molecular formula is C34H28ClF6N7OS. The summed E-state index contributed by atoms with van der Waals surface area (Å²) in [6.45, 7) is 1.13. The van der Waals surface area contributed by atoms with Gasteiger partial charge < -0.3 is 20.7 Å². The number of thiophene rings is 1. The molecule has 0 saturated carbocycles. The number of nitrogen functional groups attached to an aromatic ring is 1. The number of nitrogens with two attached hydrogens (primary N) is 1. The molecule has 2 bridgehead atoms. The summed E-state index contributed by atoms with van der Waals surface area (Å²) < 4.78 is 92.7. The summed E-state index contributed by atoms with van der Waals surface area (Å²) in [4.78, 5) is 12.9. The largest absolute Gasteiger partial charge is 0.461 e.